The minimum atomic E-state index is -0.924. The summed E-state index contributed by atoms with van der Waals surface area (Å²) >= 11 is 0. The Hall–Kier alpha value is -2.04. The molecule has 1 N–H and O–H groups in total. The zero-order chi connectivity index (χ0) is 11.5. The van der Waals surface area contributed by atoms with Crippen LogP contribution in [-0.2, 0) is 4.79 Å². The van der Waals surface area contributed by atoms with E-state index in [0.29, 0.717) is 11.3 Å². The van der Waals surface area contributed by atoms with Crippen molar-refractivity contribution >= 4 is 11.9 Å². The van der Waals surface area contributed by atoms with Crippen LogP contribution in [0.15, 0.2) is 24.3 Å². The third-order valence-corrected chi connectivity index (χ3v) is 2.38. The molecule has 0 bridgehead atoms. The fourth-order valence-electron chi connectivity index (χ4n) is 1.54. The summed E-state index contributed by atoms with van der Waals surface area (Å²) in [5.41, 5.74) is 0.485. The zero-order valence-corrected chi connectivity index (χ0v) is 8.55. The predicted octanol–water partition coefficient (Wildman–Crippen LogP) is 0.953. The average Bonchev–Trinajstić information content (AvgIpc) is 2.28. The van der Waals surface area contributed by atoms with Gasteiger partial charge >= 0.3 is 5.97 Å². The molecule has 0 atom stereocenters. The van der Waals surface area contributed by atoms with E-state index in [0.717, 1.165) is 0 Å². The Morgan fingerprint density at radius 2 is 2.19 bits per heavy atom. The Morgan fingerprint density at radius 3 is 2.94 bits per heavy atom. The highest BCUT2D eigenvalue weighted by molar-refractivity contribution is 5.97. The van der Waals surface area contributed by atoms with Crippen molar-refractivity contribution in [2.45, 2.75) is 6.42 Å². The largest absolute Gasteiger partial charge is 0.481 e. The van der Waals surface area contributed by atoms with Crippen LogP contribution in [-0.4, -0.2) is 35.2 Å². The number of benzene rings is 1. The number of carbonyl (C=O) groups excluding carboxylic acids is 1. The summed E-state index contributed by atoms with van der Waals surface area (Å²) in [7, 11) is 0. The lowest BCUT2D eigenvalue weighted by Gasteiger charge is -2.28. The zero-order valence-electron chi connectivity index (χ0n) is 8.55. The Balaban J connectivity index is 2.12. The first kappa shape index (κ1) is 10.5. The van der Waals surface area contributed by atoms with Crippen LogP contribution in [0.4, 0.5) is 0 Å². The number of rotatable bonds is 3. The quantitative estimate of drug-likeness (QED) is 0.825. The van der Waals surface area contributed by atoms with Crippen molar-refractivity contribution in [3.63, 3.8) is 0 Å². The summed E-state index contributed by atoms with van der Waals surface area (Å²) in [5.74, 6) is -0.547. The first-order valence-corrected chi connectivity index (χ1v) is 4.91. The molecule has 0 saturated heterocycles. The van der Waals surface area contributed by atoms with Crippen molar-refractivity contribution in [1.82, 2.24) is 4.90 Å². The maximum absolute atomic E-state index is 11.9. The molecule has 1 aliphatic heterocycles. The van der Waals surface area contributed by atoms with Gasteiger partial charge in [0.1, 0.15) is 5.75 Å². The second kappa shape index (κ2) is 4.22. The highest BCUT2D eigenvalue weighted by Crippen LogP contribution is 2.24. The van der Waals surface area contributed by atoms with E-state index < -0.39 is 5.97 Å². The van der Waals surface area contributed by atoms with Gasteiger partial charge < -0.3 is 14.7 Å². The Labute approximate surface area is 92.2 Å². The molecule has 0 unspecified atom stereocenters. The fraction of sp³-hybridized carbons (Fsp3) is 0.273. The molecular weight excluding hydrogens is 210 g/mol. The molecular formula is C11H11NO4. The van der Waals surface area contributed by atoms with Gasteiger partial charge in [0.2, 0.25) is 0 Å². The molecule has 5 nitrogen and oxygen atoms in total. The van der Waals surface area contributed by atoms with Crippen LogP contribution in [0.25, 0.3) is 0 Å². The fourth-order valence-corrected chi connectivity index (χ4v) is 1.54. The first-order valence-electron chi connectivity index (χ1n) is 4.91. The standard InChI is InChI=1S/C11H11NO4/c13-10(14)5-6-12-7-16-9-4-2-1-3-8(9)11(12)15/h1-4H,5-7H2,(H,13,14). The number of carboxylic acid groups (broad SMARTS) is 1. The molecule has 0 saturated carbocycles. The maximum atomic E-state index is 11.9. The average molecular weight is 221 g/mol. The van der Waals surface area contributed by atoms with E-state index in [9.17, 15) is 9.59 Å². The number of carboxylic acids is 1. The van der Waals surface area contributed by atoms with E-state index in [4.69, 9.17) is 9.84 Å². The molecule has 5 heteroatoms. The van der Waals surface area contributed by atoms with Gasteiger partial charge in [-0.25, -0.2) is 0 Å². The van der Waals surface area contributed by atoms with Gasteiger partial charge in [-0.2, -0.15) is 0 Å². The SMILES string of the molecule is O=C(O)CCN1COc2ccccc2C1=O. The Kier molecular flexibility index (Phi) is 2.76. The summed E-state index contributed by atoms with van der Waals surface area (Å²) in [4.78, 5) is 23.7. The number of hydrogen-bond acceptors (Lipinski definition) is 3. The van der Waals surface area contributed by atoms with Crippen molar-refractivity contribution < 1.29 is 19.4 Å². The number of carbonyl (C=O) groups is 2. The van der Waals surface area contributed by atoms with Crippen LogP contribution < -0.4 is 4.74 Å². The van der Waals surface area contributed by atoms with Crippen LogP contribution in [0.5, 0.6) is 5.75 Å². The van der Waals surface area contributed by atoms with E-state index in [2.05, 4.69) is 0 Å². The second-order valence-electron chi connectivity index (χ2n) is 3.48. The van der Waals surface area contributed by atoms with Gasteiger partial charge in [0.25, 0.3) is 5.91 Å². The molecule has 1 amide bonds. The van der Waals surface area contributed by atoms with Crippen molar-refractivity contribution in [3.8, 4) is 5.75 Å². The number of amides is 1. The van der Waals surface area contributed by atoms with Crippen LogP contribution in [0.1, 0.15) is 16.8 Å². The van der Waals surface area contributed by atoms with Crippen molar-refractivity contribution in [2.75, 3.05) is 13.3 Å². The van der Waals surface area contributed by atoms with Gasteiger partial charge in [0, 0.05) is 6.54 Å². The van der Waals surface area contributed by atoms with E-state index in [-0.39, 0.29) is 25.6 Å². The number of ether oxygens (including phenoxy) is 1. The van der Waals surface area contributed by atoms with Gasteiger partial charge in [-0.15, -0.1) is 0 Å². The van der Waals surface area contributed by atoms with Gasteiger partial charge in [0.15, 0.2) is 6.73 Å². The van der Waals surface area contributed by atoms with Gasteiger partial charge in [-0.1, -0.05) is 12.1 Å². The monoisotopic (exact) mass is 221 g/mol. The lowest BCUT2D eigenvalue weighted by molar-refractivity contribution is -0.137. The summed E-state index contributed by atoms with van der Waals surface area (Å²) in [5, 5.41) is 8.55. The van der Waals surface area contributed by atoms with Gasteiger partial charge in [0.05, 0.1) is 12.0 Å². The van der Waals surface area contributed by atoms with Crippen LogP contribution in [0.2, 0.25) is 0 Å². The summed E-state index contributed by atoms with van der Waals surface area (Å²) in [6.07, 6.45) is -0.0722. The molecule has 0 fully saturated rings. The smallest absolute Gasteiger partial charge is 0.305 e. The molecule has 0 radical (unpaired) electrons. The third-order valence-electron chi connectivity index (χ3n) is 2.38. The summed E-state index contributed by atoms with van der Waals surface area (Å²) in [6, 6.07) is 6.94. The van der Waals surface area contributed by atoms with E-state index in [1.54, 1.807) is 24.3 Å². The van der Waals surface area contributed by atoms with Gasteiger partial charge in [-0.3, -0.25) is 9.59 Å². The molecule has 0 spiro atoms. The van der Waals surface area contributed by atoms with Crippen molar-refractivity contribution in [2.24, 2.45) is 0 Å². The lowest BCUT2D eigenvalue weighted by atomic mass is 10.1. The molecule has 84 valence electrons. The normalized spacial score (nSPS) is 14.2. The minimum absolute atomic E-state index is 0.0722. The molecule has 1 aromatic carbocycles. The Morgan fingerprint density at radius 1 is 1.44 bits per heavy atom. The second-order valence-corrected chi connectivity index (χ2v) is 3.48. The van der Waals surface area contributed by atoms with Crippen LogP contribution in [0, 0.1) is 0 Å². The maximum Gasteiger partial charge on any atom is 0.305 e. The highest BCUT2D eigenvalue weighted by atomic mass is 16.5. The number of hydrogen-bond donors (Lipinski definition) is 1. The number of fused-ring (bicyclic) bond motifs is 1. The van der Waals surface area contributed by atoms with E-state index in [1.807, 2.05) is 0 Å². The molecule has 1 heterocycles. The molecule has 0 aliphatic carbocycles. The first-order chi connectivity index (χ1) is 7.68. The van der Waals surface area contributed by atoms with Crippen molar-refractivity contribution in [1.29, 1.82) is 0 Å². The highest BCUT2D eigenvalue weighted by Gasteiger charge is 2.25. The molecule has 1 aliphatic rings. The topological polar surface area (TPSA) is 66.8 Å². The summed E-state index contributed by atoms with van der Waals surface area (Å²) < 4.78 is 5.35. The minimum Gasteiger partial charge on any atom is -0.481 e. The molecule has 16 heavy (non-hydrogen) atoms. The van der Waals surface area contributed by atoms with E-state index in [1.165, 1.54) is 4.90 Å². The number of aliphatic carboxylic acids is 1. The number of para-hydroxylation sites is 1. The number of nitrogens with zero attached hydrogens (tertiary/aromatic N) is 1. The van der Waals surface area contributed by atoms with Gasteiger partial charge in [-0.05, 0) is 12.1 Å². The Bertz CT molecular complexity index is 430. The summed E-state index contributed by atoms with van der Waals surface area (Å²) in [6.45, 7) is 0.283. The van der Waals surface area contributed by atoms with Crippen LogP contribution >= 0.6 is 0 Å². The molecule has 1 aromatic rings. The lowest BCUT2D eigenvalue weighted by Crippen LogP contribution is -2.39. The van der Waals surface area contributed by atoms with E-state index >= 15 is 0 Å². The predicted molar refractivity (Wildman–Crippen MR) is 55.2 cm³/mol. The molecule has 0 aromatic heterocycles. The van der Waals surface area contributed by atoms with Crippen LogP contribution in [0.3, 0.4) is 0 Å². The molecule has 2 rings (SSSR count). The van der Waals surface area contributed by atoms with Crippen molar-refractivity contribution in [3.05, 3.63) is 29.8 Å². The third kappa shape index (κ3) is 1.98.